The van der Waals surface area contributed by atoms with E-state index in [0.717, 1.165) is 39.3 Å². The number of rotatable bonds is 5. The summed E-state index contributed by atoms with van der Waals surface area (Å²) < 4.78 is 8.68. The van der Waals surface area contributed by atoms with E-state index in [4.69, 9.17) is 16.3 Å². The molecule has 2 aromatic carbocycles. The summed E-state index contributed by atoms with van der Waals surface area (Å²) in [5.41, 5.74) is 6.17. The van der Waals surface area contributed by atoms with Crippen molar-refractivity contribution >= 4 is 11.6 Å². The fourth-order valence-corrected chi connectivity index (χ4v) is 3.56. The molecule has 0 unspecified atom stereocenters. The van der Waals surface area contributed by atoms with Crippen molar-refractivity contribution in [2.75, 3.05) is 0 Å². The normalized spacial score (nSPS) is 11.0. The van der Waals surface area contributed by atoms with Crippen LogP contribution in [0.25, 0.3) is 16.9 Å². The van der Waals surface area contributed by atoms with Gasteiger partial charge in [0.25, 0.3) is 0 Å². The van der Waals surface area contributed by atoms with Gasteiger partial charge in [-0.1, -0.05) is 23.7 Å². The van der Waals surface area contributed by atoms with Crippen LogP contribution in [0, 0.1) is 20.8 Å². The molecule has 4 rings (SSSR count). The van der Waals surface area contributed by atoms with Crippen molar-refractivity contribution in [1.82, 2.24) is 24.8 Å². The van der Waals surface area contributed by atoms with Gasteiger partial charge in [-0.2, -0.15) is 9.36 Å². The highest BCUT2D eigenvalue weighted by Crippen LogP contribution is 2.30. The number of hydrogen-bond acceptors (Lipinski definition) is 5. The summed E-state index contributed by atoms with van der Waals surface area (Å²) in [6, 6.07) is 13.5. The van der Waals surface area contributed by atoms with E-state index in [1.54, 1.807) is 13.2 Å². The highest BCUT2D eigenvalue weighted by Gasteiger charge is 2.15. The van der Waals surface area contributed by atoms with Gasteiger partial charge in [0, 0.05) is 24.4 Å². The third-order valence-electron chi connectivity index (χ3n) is 5.23. The largest absolute Gasteiger partial charge is 0.489 e. The van der Waals surface area contributed by atoms with Crippen LogP contribution in [0.2, 0.25) is 5.02 Å². The van der Waals surface area contributed by atoms with Gasteiger partial charge in [-0.25, -0.2) is 4.79 Å². The number of hydrogen-bond donors (Lipinski definition) is 0. The van der Waals surface area contributed by atoms with Crippen molar-refractivity contribution < 1.29 is 4.74 Å². The van der Waals surface area contributed by atoms with Crippen LogP contribution in [0.5, 0.6) is 5.75 Å². The van der Waals surface area contributed by atoms with E-state index in [2.05, 4.69) is 21.5 Å². The number of ether oxygens (including phenoxy) is 1. The SMILES string of the molecule is Cc1cc(-c2ccc(Cl)cn2)c(C)cc1OCc1c(C)cccc1-n1nnn(C)c1=O. The molecule has 0 aliphatic rings. The maximum absolute atomic E-state index is 12.3. The molecule has 7 nitrogen and oxygen atoms in total. The molecule has 0 bridgehead atoms. The molecule has 0 saturated carbocycles. The van der Waals surface area contributed by atoms with Crippen LogP contribution >= 0.6 is 11.6 Å². The van der Waals surface area contributed by atoms with Gasteiger partial charge in [0.05, 0.1) is 16.4 Å². The van der Waals surface area contributed by atoms with Crippen molar-refractivity contribution in [3.63, 3.8) is 0 Å². The van der Waals surface area contributed by atoms with E-state index in [9.17, 15) is 4.79 Å². The second-order valence-electron chi connectivity index (χ2n) is 7.45. The van der Waals surface area contributed by atoms with Crippen molar-refractivity contribution in [3.8, 4) is 22.7 Å². The third kappa shape index (κ3) is 4.09. The topological polar surface area (TPSA) is 74.8 Å². The minimum absolute atomic E-state index is 0.295. The molecule has 2 heterocycles. The smallest absolute Gasteiger partial charge is 0.368 e. The summed E-state index contributed by atoms with van der Waals surface area (Å²) in [6.45, 7) is 6.30. The van der Waals surface area contributed by atoms with Gasteiger partial charge in [0.15, 0.2) is 0 Å². The van der Waals surface area contributed by atoms with Crippen LogP contribution < -0.4 is 10.4 Å². The molecule has 31 heavy (non-hydrogen) atoms. The molecule has 0 fully saturated rings. The quantitative estimate of drug-likeness (QED) is 0.470. The average Bonchev–Trinajstić information content (AvgIpc) is 3.08. The molecule has 0 aliphatic heterocycles. The van der Waals surface area contributed by atoms with E-state index in [1.165, 1.54) is 9.36 Å². The van der Waals surface area contributed by atoms with Crippen molar-refractivity contribution in [3.05, 3.63) is 86.4 Å². The van der Waals surface area contributed by atoms with Crippen LogP contribution in [0.1, 0.15) is 22.3 Å². The lowest BCUT2D eigenvalue weighted by molar-refractivity contribution is 0.302. The summed E-state index contributed by atoms with van der Waals surface area (Å²) in [5.74, 6) is 0.774. The van der Waals surface area contributed by atoms with Crippen LogP contribution in [0.3, 0.4) is 0 Å². The summed E-state index contributed by atoms with van der Waals surface area (Å²) in [4.78, 5) is 16.8. The summed E-state index contributed by atoms with van der Waals surface area (Å²) in [7, 11) is 1.57. The van der Waals surface area contributed by atoms with E-state index >= 15 is 0 Å². The van der Waals surface area contributed by atoms with Gasteiger partial charge in [-0.3, -0.25) is 4.98 Å². The highest BCUT2D eigenvalue weighted by atomic mass is 35.5. The van der Waals surface area contributed by atoms with Crippen molar-refractivity contribution in [2.45, 2.75) is 27.4 Å². The lowest BCUT2D eigenvalue weighted by Gasteiger charge is -2.16. The fraction of sp³-hybridized carbons (Fsp3) is 0.217. The number of tetrazole rings is 1. The molecule has 8 heteroatoms. The number of aromatic nitrogens is 5. The minimum atomic E-state index is -0.307. The predicted octanol–water partition coefficient (Wildman–Crippen LogP) is 4.19. The first kappa shape index (κ1) is 20.8. The monoisotopic (exact) mass is 435 g/mol. The second kappa shape index (κ2) is 8.35. The first-order valence-corrected chi connectivity index (χ1v) is 10.2. The summed E-state index contributed by atoms with van der Waals surface area (Å²) >= 11 is 5.96. The van der Waals surface area contributed by atoms with Gasteiger partial charge >= 0.3 is 5.69 Å². The van der Waals surface area contributed by atoms with Crippen LogP contribution in [0.4, 0.5) is 0 Å². The van der Waals surface area contributed by atoms with Gasteiger partial charge in [0.1, 0.15) is 12.4 Å². The molecule has 0 radical (unpaired) electrons. The third-order valence-corrected chi connectivity index (χ3v) is 5.46. The molecular weight excluding hydrogens is 414 g/mol. The lowest BCUT2D eigenvalue weighted by Crippen LogP contribution is -2.23. The summed E-state index contributed by atoms with van der Waals surface area (Å²) in [6.07, 6.45) is 1.64. The van der Waals surface area contributed by atoms with E-state index in [-0.39, 0.29) is 5.69 Å². The maximum atomic E-state index is 12.3. The Bertz CT molecular complexity index is 1310. The maximum Gasteiger partial charge on any atom is 0.368 e. The number of halogens is 1. The molecule has 0 aliphatic carbocycles. The first-order chi connectivity index (χ1) is 14.8. The van der Waals surface area contributed by atoms with Crippen molar-refractivity contribution in [1.29, 1.82) is 0 Å². The Labute approximate surface area is 184 Å². The van der Waals surface area contributed by atoms with Crippen LogP contribution in [-0.2, 0) is 13.7 Å². The van der Waals surface area contributed by atoms with E-state index < -0.39 is 0 Å². The van der Waals surface area contributed by atoms with Gasteiger partial charge in [0.2, 0.25) is 0 Å². The molecule has 0 spiro atoms. The molecule has 0 amide bonds. The zero-order valence-corrected chi connectivity index (χ0v) is 18.5. The van der Waals surface area contributed by atoms with Crippen LogP contribution in [-0.4, -0.2) is 24.8 Å². The molecule has 4 aromatic rings. The Balaban J connectivity index is 1.65. The zero-order chi connectivity index (χ0) is 22.1. The molecule has 2 aromatic heterocycles. The van der Waals surface area contributed by atoms with Crippen LogP contribution in [0.15, 0.2) is 53.5 Å². The lowest BCUT2D eigenvalue weighted by atomic mass is 10.0. The Kier molecular flexibility index (Phi) is 5.61. The molecule has 0 N–H and O–H groups in total. The standard InChI is InChI=1S/C23H22ClN5O2/c1-14-6-5-7-21(29-23(30)28(4)26-27-29)19(14)13-31-22-11-15(2)18(10-16(22)3)20-9-8-17(24)12-25-20/h5-12H,13H2,1-4H3. The van der Waals surface area contributed by atoms with Gasteiger partial charge < -0.3 is 4.74 Å². The molecule has 0 atom stereocenters. The molecule has 0 saturated heterocycles. The summed E-state index contributed by atoms with van der Waals surface area (Å²) in [5, 5.41) is 8.39. The number of benzene rings is 2. The zero-order valence-electron chi connectivity index (χ0n) is 17.8. The fourth-order valence-electron chi connectivity index (χ4n) is 3.44. The first-order valence-electron chi connectivity index (χ1n) is 9.79. The Hall–Kier alpha value is -3.45. The number of pyridine rings is 1. The Morgan fingerprint density at radius 2 is 1.81 bits per heavy atom. The molecule has 158 valence electrons. The van der Waals surface area contributed by atoms with Gasteiger partial charge in [-0.05, 0) is 78.2 Å². The number of aryl methyl sites for hydroxylation is 4. The van der Waals surface area contributed by atoms with E-state index in [1.807, 2.05) is 57.2 Å². The van der Waals surface area contributed by atoms with Crippen molar-refractivity contribution in [2.24, 2.45) is 7.05 Å². The Morgan fingerprint density at radius 1 is 1.00 bits per heavy atom. The average molecular weight is 436 g/mol. The Morgan fingerprint density at radius 3 is 2.48 bits per heavy atom. The number of nitrogens with zero attached hydrogens (tertiary/aromatic N) is 5. The minimum Gasteiger partial charge on any atom is -0.489 e. The highest BCUT2D eigenvalue weighted by molar-refractivity contribution is 6.30. The second-order valence-corrected chi connectivity index (χ2v) is 7.89. The van der Waals surface area contributed by atoms with Gasteiger partial charge in [-0.15, -0.1) is 0 Å². The van der Waals surface area contributed by atoms with E-state index in [0.29, 0.717) is 17.3 Å². The molecular formula is C23H22ClN5O2. The predicted molar refractivity (Wildman–Crippen MR) is 120 cm³/mol.